The molecule has 0 N–H and O–H groups in total. The zero-order valence-electron chi connectivity index (χ0n) is 12.3. The number of carbonyl (C=O) groups is 1. The van der Waals surface area contributed by atoms with Crippen molar-refractivity contribution in [1.82, 2.24) is 0 Å². The molecular weight excluding hydrogens is 260 g/mol. The highest BCUT2D eigenvalue weighted by Crippen LogP contribution is 2.38. The van der Waals surface area contributed by atoms with Crippen LogP contribution in [-0.2, 0) is 16.0 Å². The maximum atomic E-state index is 12.6. The maximum absolute atomic E-state index is 12.6. The Bertz CT molecular complexity index is 618. The van der Waals surface area contributed by atoms with Gasteiger partial charge in [0.05, 0.1) is 0 Å². The van der Waals surface area contributed by atoms with Crippen LogP contribution in [0.1, 0.15) is 42.1 Å². The van der Waals surface area contributed by atoms with E-state index in [4.69, 9.17) is 4.74 Å². The summed E-state index contributed by atoms with van der Waals surface area (Å²) in [5.41, 5.74) is 3.66. The van der Waals surface area contributed by atoms with Gasteiger partial charge in [-0.25, -0.2) is 0 Å². The summed E-state index contributed by atoms with van der Waals surface area (Å²) in [5, 5.41) is 0. The molecule has 0 aliphatic heterocycles. The van der Waals surface area contributed by atoms with E-state index in [0.29, 0.717) is 18.9 Å². The van der Waals surface area contributed by atoms with Crippen LogP contribution in [0.5, 0.6) is 0 Å². The van der Waals surface area contributed by atoms with E-state index in [0.717, 1.165) is 12.0 Å². The lowest BCUT2D eigenvalue weighted by Crippen LogP contribution is -2.24. The Hall–Kier alpha value is -1.93. The molecule has 108 valence electrons. The van der Waals surface area contributed by atoms with Crippen LogP contribution in [0.3, 0.4) is 0 Å². The van der Waals surface area contributed by atoms with Gasteiger partial charge in [-0.15, -0.1) is 0 Å². The minimum atomic E-state index is -0.427. The Kier molecular flexibility index (Phi) is 4.16. The second-order valence-electron chi connectivity index (χ2n) is 5.52. The lowest BCUT2D eigenvalue weighted by molar-refractivity contribution is -0.131. The summed E-state index contributed by atoms with van der Waals surface area (Å²) < 4.78 is 5.70. The van der Waals surface area contributed by atoms with Crippen LogP contribution < -0.4 is 0 Å². The first-order valence-corrected chi connectivity index (χ1v) is 7.56. The van der Waals surface area contributed by atoms with E-state index in [1.54, 1.807) is 0 Å². The highest BCUT2D eigenvalue weighted by Gasteiger charge is 2.30. The highest BCUT2D eigenvalue weighted by molar-refractivity contribution is 5.85. The third kappa shape index (κ3) is 2.91. The summed E-state index contributed by atoms with van der Waals surface area (Å²) in [4.78, 5) is 12.6. The molecule has 0 spiro atoms. The molecular formula is C19H20O2. The monoisotopic (exact) mass is 280 g/mol. The first kappa shape index (κ1) is 14.0. The van der Waals surface area contributed by atoms with Crippen LogP contribution in [0.4, 0.5) is 0 Å². The first-order valence-electron chi connectivity index (χ1n) is 7.56. The van der Waals surface area contributed by atoms with E-state index in [1.165, 1.54) is 11.1 Å². The smallest absolute Gasteiger partial charge is 0.166 e. The van der Waals surface area contributed by atoms with Crippen molar-refractivity contribution in [3.8, 4) is 0 Å². The van der Waals surface area contributed by atoms with Crippen LogP contribution in [0.25, 0.3) is 0 Å². The Morgan fingerprint density at radius 2 is 1.86 bits per heavy atom. The number of carbonyl (C=O) groups excluding carboxylic acids is 1. The molecule has 3 rings (SSSR count). The predicted molar refractivity (Wildman–Crippen MR) is 83.3 cm³/mol. The molecule has 21 heavy (non-hydrogen) atoms. The van der Waals surface area contributed by atoms with Crippen LogP contribution in [0.2, 0.25) is 0 Å². The standard InChI is InChI=1S/C19H20O2/c1-2-21-19(14-8-4-3-5-9-14)18(20)13-16-12-15-10-6-7-11-17(15)16/h3-11,16,19H,2,12-13H2,1H3. The van der Waals surface area contributed by atoms with Gasteiger partial charge in [0.2, 0.25) is 0 Å². The van der Waals surface area contributed by atoms with Crippen molar-refractivity contribution in [2.45, 2.75) is 31.8 Å². The van der Waals surface area contributed by atoms with Crippen molar-refractivity contribution < 1.29 is 9.53 Å². The van der Waals surface area contributed by atoms with Gasteiger partial charge in [0, 0.05) is 13.0 Å². The quantitative estimate of drug-likeness (QED) is 0.797. The summed E-state index contributed by atoms with van der Waals surface area (Å²) in [7, 11) is 0. The largest absolute Gasteiger partial charge is 0.366 e. The molecule has 0 bridgehead atoms. The number of benzene rings is 2. The van der Waals surface area contributed by atoms with Gasteiger partial charge >= 0.3 is 0 Å². The molecule has 2 unspecified atom stereocenters. The van der Waals surface area contributed by atoms with Gasteiger partial charge in [-0.1, -0.05) is 54.6 Å². The van der Waals surface area contributed by atoms with Crippen molar-refractivity contribution in [3.63, 3.8) is 0 Å². The third-order valence-corrected chi connectivity index (χ3v) is 4.14. The molecule has 2 aromatic rings. The Balaban J connectivity index is 1.72. The third-order valence-electron chi connectivity index (χ3n) is 4.14. The predicted octanol–water partition coefficient (Wildman–Crippen LogP) is 4.06. The summed E-state index contributed by atoms with van der Waals surface area (Å²) in [6, 6.07) is 18.2. The molecule has 2 heteroatoms. The van der Waals surface area contributed by atoms with Gasteiger partial charge in [-0.2, -0.15) is 0 Å². The molecule has 0 amide bonds. The summed E-state index contributed by atoms with van der Waals surface area (Å²) in [6.45, 7) is 2.48. The lowest BCUT2D eigenvalue weighted by atomic mass is 9.74. The Labute approximate surface area is 125 Å². The van der Waals surface area contributed by atoms with Crippen LogP contribution in [0, 0.1) is 0 Å². The van der Waals surface area contributed by atoms with E-state index in [9.17, 15) is 4.79 Å². The lowest BCUT2D eigenvalue weighted by Gasteiger charge is -2.30. The molecule has 2 atom stereocenters. The van der Waals surface area contributed by atoms with E-state index >= 15 is 0 Å². The molecule has 1 aliphatic rings. The topological polar surface area (TPSA) is 26.3 Å². The summed E-state index contributed by atoms with van der Waals surface area (Å²) in [6.07, 6.45) is 1.15. The number of ether oxygens (including phenoxy) is 1. The van der Waals surface area contributed by atoms with Crippen LogP contribution in [-0.4, -0.2) is 12.4 Å². The minimum absolute atomic E-state index is 0.183. The molecule has 0 heterocycles. The second kappa shape index (κ2) is 6.23. The van der Waals surface area contributed by atoms with Gasteiger partial charge in [0.15, 0.2) is 5.78 Å². The minimum Gasteiger partial charge on any atom is -0.366 e. The number of hydrogen-bond donors (Lipinski definition) is 0. The average Bonchev–Trinajstić information content (AvgIpc) is 2.51. The van der Waals surface area contributed by atoms with Gasteiger partial charge < -0.3 is 4.74 Å². The summed E-state index contributed by atoms with van der Waals surface area (Å²) in [5.74, 6) is 0.544. The fourth-order valence-electron chi connectivity index (χ4n) is 3.06. The average molecular weight is 280 g/mol. The maximum Gasteiger partial charge on any atom is 0.166 e. The second-order valence-corrected chi connectivity index (χ2v) is 5.52. The van der Waals surface area contributed by atoms with Crippen molar-refractivity contribution in [3.05, 3.63) is 71.3 Å². The Morgan fingerprint density at radius 3 is 2.57 bits per heavy atom. The molecule has 0 saturated carbocycles. The molecule has 2 aromatic carbocycles. The van der Waals surface area contributed by atoms with E-state index in [-0.39, 0.29) is 5.78 Å². The SMILES string of the molecule is CCOC(C(=O)CC1Cc2ccccc21)c1ccccc1. The molecule has 1 aliphatic carbocycles. The molecule has 2 nitrogen and oxygen atoms in total. The van der Waals surface area contributed by atoms with Gasteiger partial charge in [0.1, 0.15) is 6.10 Å². The van der Waals surface area contributed by atoms with Gasteiger partial charge in [-0.05, 0) is 36.0 Å². The van der Waals surface area contributed by atoms with Crippen molar-refractivity contribution in [2.75, 3.05) is 6.61 Å². The van der Waals surface area contributed by atoms with E-state index in [1.807, 2.05) is 43.3 Å². The number of rotatable bonds is 6. The van der Waals surface area contributed by atoms with Gasteiger partial charge in [0.25, 0.3) is 0 Å². The number of ketones is 1. The van der Waals surface area contributed by atoms with Crippen molar-refractivity contribution in [2.24, 2.45) is 0 Å². The first-order chi connectivity index (χ1) is 10.3. The van der Waals surface area contributed by atoms with E-state index < -0.39 is 6.10 Å². The normalized spacial score (nSPS) is 17.7. The van der Waals surface area contributed by atoms with Gasteiger partial charge in [-0.3, -0.25) is 4.79 Å². The number of Topliss-reactive ketones (excluding diaryl/α,β-unsaturated/α-hetero) is 1. The number of fused-ring (bicyclic) bond motifs is 1. The van der Waals surface area contributed by atoms with Crippen LogP contribution >= 0.6 is 0 Å². The van der Waals surface area contributed by atoms with Crippen molar-refractivity contribution in [1.29, 1.82) is 0 Å². The van der Waals surface area contributed by atoms with Crippen LogP contribution in [0.15, 0.2) is 54.6 Å². The zero-order valence-corrected chi connectivity index (χ0v) is 12.3. The van der Waals surface area contributed by atoms with E-state index in [2.05, 4.69) is 18.2 Å². The number of hydrogen-bond acceptors (Lipinski definition) is 2. The van der Waals surface area contributed by atoms with Crippen molar-refractivity contribution >= 4 is 5.78 Å². The Morgan fingerprint density at radius 1 is 1.14 bits per heavy atom. The highest BCUT2D eigenvalue weighted by atomic mass is 16.5. The molecule has 0 radical (unpaired) electrons. The summed E-state index contributed by atoms with van der Waals surface area (Å²) >= 11 is 0. The molecule has 0 saturated heterocycles. The zero-order chi connectivity index (χ0) is 14.7. The molecule has 0 aromatic heterocycles. The molecule has 0 fully saturated rings. The fourth-order valence-corrected chi connectivity index (χ4v) is 3.06. The fraction of sp³-hybridized carbons (Fsp3) is 0.316.